The standard InChI is InChI=1S/C20H20N4O2S2/c1-12-3-7-14(8-4-12)22-20(27)24-23-19(25)18-16(21)11-17(28-18)13-5-9-15(26-2)10-6-13/h3-11H,21H2,1-2H3,(H,23,25)(H2,22,24,27). The average molecular weight is 413 g/mol. The van der Waals surface area contributed by atoms with Gasteiger partial charge >= 0.3 is 0 Å². The number of thiophene rings is 1. The summed E-state index contributed by atoms with van der Waals surface area (Å²) in [5, 5.41) is 3.28. The molecule has 0 radical (unpaired) electrons. The molecular formula is C20H20N4O2S2. The van der Waals surface area contributed by atoms with Crippen molar-refractivity contribution >= 4 is 45.9 Å². The Morgan fingerprint density at radius 2 is 1.75 bits per heavy atom. The Kier molecular flexibility index (Phi) is 6.13. The maximum Gasteiger partial charge on any atom is 0.281 e. The minimum Gasteiger partial charge on any atom is -0.497 e. The second-order valence-electron chi connectivity index (χ2n) is 6.02. The number of carbonyl (C=O) groups is 1. The number of aryl methyl sites for hydroxylation is 1. The lowest BCUT2D eigenvalue weighted by molar-refractivity contribution is 0.0949. The summed E-state index contributed by atoms with van der Waals surface area (Å²) in [5.41, 5.74) is 14.6. The molecule has 0 atom stereocenters. The fourth-order valence-corrected chi connectivity index (χ4v) is 3.60. The number of hydrogen-bond donors (Lipinski definition) is 4. The topological polar surface area (TPSA) is 88.4 Å². The first kappa shape index (κ1) is 19.7. The highest BCUT2D eigenvalue weighted by atomic mass is 32.1. The molecule has 1 amide bonds. The number of hydrazine groups is 1. The van der Waals surface area contributed by atoms with Gasteiger partial charge in [-0.2, -0.15) is 0 Å². The summed E-state index contributed by atoms with van der Waals surface area (Å²) in [6.45, 7) is 2.01. The first-order valence-electron chi connectivity index (χ1n) is 8.44. The Labute approximate surface area is 172 Å². The van der Waals surface area contributed by atoms with E-state index in [1.54, 1.807) is 13.2 Å². The van der Waals surface area contributed by atoms with Gasteiger partial charge < -0.3 is 15.8 Å². The molecule has 1 aromatic heterocycles. The molecule has 28 heavy (non-hydrogen) atoms. The molecule has 0 spiro atoms. The third kappa shape index (κ3) is 4.79. The molecule has 0 unspecified atom stereocenters. The monoisotopic (exact) mass is 412 g/mol. The van der Waals surface area contributed by atoms with Crippen LogP contribution in [0, 0.1) is 6.92 Å². The van der Waals surface area contributed by atoms with Crippen LogP contribution >= 0.6 is 23.6 Å². The van der Waals surface area contributed by atoms with E-state index in [9.17, 15) is 4.79 Å². The van der Waals surface area contributed by atoms with Crippen molar-refractivity contribution < 1.29 is 9.53 Å². The third-order valence-corrected chi connectivity index (χ3v) is 5.34. The smallest absolute Gasteiger partial charge is 0.281 e. The fraction of sp³-hybridized carbons (Fsp3) is 0.100. The van der Waals surface area contributed by atoms with Crippen molar-refractivity contribution in [2.75, 3.05) is 18.2 Å². The van der Waals surface area contributed by atoms with Gasteiger partial charge in [0.2, 0.25) is 0 Å². The number of benzene rings is 2. The van der Waals surface area contributed by atoms with Crippen LogP contribution in [0.2, 0.25) is 0 Å². The van der Waals surface area contributed by atoms with Crippen LogP contribution < -0.4 is 26.6 Å². The Balaban J connectivity index is 1.61. The predicted octanol–water partition coefficient (Wildman–Crippen LogP) is 3.95. The number of nitrogen functional groups attached to an aromatic ring is 1. The summed E-state index contributed by atoms with van der Waals surface area (Å²) in [6, 6.07) is 17.1. The van der Waals surface area contributed by atoms with E-state index in [1.165, 1.54) is 11.3 Å². The summed E-state index contributed by atoms with van der Waals surface area (Å²) in [7, 11) is 1.62. The Hall–Kier alpha value is -3.10. The SMILES string of the molecule is COc1ccc(-c2cc(N)c(C(=O)NNC(=S)Nc3ccc(C)cc3)s2)cc1. The van der Waals surface area contributed by atoms with Crippen molar-refractivity contribution in [3.05, 3.63) is 65.0 Å². The van der Waals surface area contributed by atoms with Crippen molar-refractivity contribution in [2.24, 2.45) is 0 Å². The van der Waals surface area contributed by atoms with E-state index in [4.69, 9.17) is 22.7 Å². The molecule has 5 N–H and O–H groups in total. The fourth-order valence-electron chi connectivity index (χ4n) is 2.45. The zero-order valence-corrected chi connectivity index (χ0v) is 17.0. The molecule has 1 heterocycles. The molecule has 0 aliphatic rings. The molecule has 0 bridgehead atoms. The van der Waals surface area contributed by atoms with Gasteiger partial charge in [-0.15, -0.1) is 11.3 Å². The Morgan fingerprint density at radius 3 is 2.39 bits per heavy atom. The van der Waals surface area contributed by atoms with E-state index in [1.807, 2.05) is 55.5 Å². The lowest BCUT2D eigenvalue weighted by Gasteiger charge is -2.11. The number of amides is 1. The van der Waals surface area contributed by atoms with Crippen LogP contribution in [0.15, 0.2) is 54.6 Å². The van der Waals surface area contributed by atoms with Gasteiger partial charge in [0, 0.05) is 10.6 Å². The number of nitrogens with two attached hydrogens (primary N) is 1. The molecule has 0 aliphatic heterocycles. The van der Waals surface area contributed by atoms with Gasteiger partial charge in [-0.05, 0) is 67.2 Å². The van der Waals surface area contributed by atoms with Crippen molar-refractivity contribution in [1.82, 2.24) is 10.9 Å². The van der Waals surface area contributed by atoms with Crippen molar-refractivity contribution in [3.63, 3.8) is 0 Å². The van der Waals surface area contributed by atoms with Gasteiger partial charge in [0.15, 0.2) is 5.11 Å². The third-order valence-electron chi connectivity index (χ3n) is 3.94. The molecule has 3 aromatic rings. The van der Waals surface area contributed by atoms with Gasteiger partial charge in [0.05, 0.1) is 12.8 Å². The lowest BCUT2D eigenvalue weighted by atomic mass is 10.2. The number of ether oxygens (including phenoxy) is 1. The van der Waals surface area contributed by atoms with Gasteiger partial charge in [0.25, 0.3) is 5.91 Å². The Bertz CT molecular complexity index is 982. The molecule has 144 valence electrons. The molecule has 0 saturated heterocycles. The van der Waals surface area contributed by atoms with E-state index in [-0.39, 0.29) is 11.0 Å². The van der Waals surface area contributed by atoms with Crippen LogP contribution in [0.1, 0.15) is 15.2 Å². The number of nitrogens with one attached hydrogen (secondary N) is 3. The molecule has 0 aliphatic carbocycles. The van der Waals surface area contributed by atoms with E-state index in [0.717, 1.165) is 27.4 Å². The number of rotatable bonds is 4. The first-order valence-corrected chi connectivity index (χ1v) is 9.66. The quantitative estimate of drug-likeness (QED) is 0.383. The molecule has 8 heteroatoms. The Morgan fingerprint density at radius 1 is 1.07 bits per heavy atom. The predicted molar refractivity (Wildman–Crippen MR) is 119 cm³/mol. The normalized spacial score (nSPS) is 10.2. The highest BCUT2D eigenvalue weighted by Gasteiger charge is 2.15. The maximum atomic E-state index is 12.5. The molecule has 3 rings (SSSR count). The van der Waals surface area contributed by atoms with Crippen LogP contribution in [-0.2, 0) is 0 Å². The molecule has 6 nitrogen and oxygen atoms in total. The zero-order valence-electron chi connectivity index (χ0n) is 15.4. The lowest BCUT2D eigenvalue weighted by Crippen LogP contribution is -2.43. The highest BCUT2D eigenvalue weighted by Crippen LogP contribution is 2.33. The van der Waals surface area contributed by atoms with Crippen molar-refractivity contribution in [2.45, 2.75) is 6.92 Å². The number of thiocarbonyl (C=S) groups is 1. The van der Waals surface area contributed by atoms with Gasteiger partial charge in [-0.25, -0.2) is 0 Å². The molecule has 2 aromatic carbocycles. The summed E-state index contributed by atoms with van der Waals surface area (Å²) in [6.07, 6.45) is 0. The van der Waals surface area contributed by atoms with Crippen LogP contribution in [0.25, 0.3) is 10.4 Å². The maximum absolute atomic E-state index is 12.5. The summed E-state index contributed by atoms with van der Waals surface area (Å²) in [4.78, 5) is 13.8. The molecule has 0 saturated carbocycles. The average Bonchev–Trinajstić information content (AvgIpc) is 3.10. The van der Waals surface area contributed by atoms with E-state index < -0.39 is 0 Å². The van der Waals surface area contributed by atoms with Crippen LogP contribution in [-0.4, -0.2) is 18.1 Å². The van der Waals surface area contributed by atoms with E-state index >= 15 is 0 Å². The minimum atomic E-state index is -0.352. The summed E-state index contributed by atoms with van der Waals surface area (Å²) < 4.78 is 5.16. The summed E-state index contributed by atoms with van der Waals surface area (Å²) >= 11 is 6.51. The number of methoxy groups -OCH3 is 1. The van der Waals surface area contributed by atoms with E-state index in [2.05, 4.69) is 16.2 Å². The van der Waals surface area contributed by atoms with Crippen LogP contribution in [0.3, 0.4) is 0 Å². The van der Waals surface area contributed by atoms with Gasteiger partial charge in [0.1, 0.15) is 10.6 Å². The van der Waals surface area contributed by atoms with Gasteiger partial charge in [-0.1, -0.05) is 17.7 Å². The first-order chi connectivity index (χ1) is 13.5. The van der Waals surface area contributed by atoms with Gasteiger partial charge in [-0.3, -0.25) is 15.6 Å². The molecule has 0 fully saturated rings. The van der Waals surface area contributed by atoms with Crippen molar-refractivity contribution in [3.8, 4) is 16.2 Å². The van der Waals surface area contributed by atoms with E-state index in [0.29, 0.717) is 10.6 Å². The van der Waals surface area contributed by atoms with Crippen LogP contribution in [0.5, 0.6) is 5.75 Å². The van der Waals surface area contributed by atoms with Crippen molar-refractivity contribution in [1.29, 1.82) is 0 Å². The number of hydrogen-bond acceptors (Lipinski definition) is 5. The highest BCUT2D eigenvalue weighted by molar-refractivity contribution is 7.80. The van der Waals surface area contributed by atoms with Crippen LogP contribution in [0.4, 0.5) is 11.4 Å². The minimum absolute atomic E-state index is 0.280. The zero-order chi connectivity index (χ0) is 20.1. The molecular weight excluding hydrogens is 392 g/mol. The number of anilines is 2. The summed E-state index contributed by atoms with van der Waals surface area (Å²) in [5.74, 6) is 0.417. The second-order valence-corrected chi connectivity index (χ2v) is 7.48. The second kappa shape index (κ2) is 8.73. The number of carbonyl (C=O) groups excluding carboxylic acids is 1. The largest absolute Gasteiger partial charge is 0.497 e.